The van der Waals surface area contributed by atoms with Gasteiger partial charge in [0.2, 0.25) is 5.91 Å². The van der Waals surface area contributed by atoms with Crippen molar-refractivity contribution in [2.75, 3.05) is 5.88 Å². The first-order valence-corrected chi connectivity index (χ1v) is 5.26. The largest absolute Gasteiger partial charge is 0.322 e. The average Bonchev–Trinajstić information content (AvgIpc) is 2.24. The van der Waals surface area contributed by atoms with Gasteiger partial charge in [-0.25, -0.2) is 0 Å². The number of thioether (sulfide) groups is 1. The summed E-state index contributed by atoms with van der Waals surface area (Å²) in [6, 6.07) is -0.255. The number of nitrogens with zero attached hydrogens (tertiary/aromatic N) is 1. The van der Waals surface area contributed by atoms with Crippen LogP contribution < -0.4 is 0 Å². The molecular formula is C9H15NO2S. The van der Waals surface area contributed by atoms with Crippen LogP contribution in [0.15, 0.2) is 0 Å². The summed E-state index contributed by atoms with van der Waals surface area (Å²) >= 11 is 1.66. The maximum absolute atomic E-state index is 11.4. The Balaban J connectivity index is 2.92. The fourth-order valence-electron chi connectivity index (χ4n) is 1.75. The first-order valence-electron chi connectivity index (χ1n) is 4.28. The quantitative estimate of drug-likeness (QED) is 0.641. The van der Waals surface area contributed by atoms with Crippen LogP contribution in [0.1, 0.15) is 27.7 Å². The van der Waals surface area contributed by atoms with Gasteiger partial charge in [0.15, 0.2) is 5.78 Å². The van der Waals surface area contributed by atoms with Gasteiger partial charge in [0.05, 0.1) is 5.88 Å². The maximum Gasteiger partial charge on any atom is 0.220 e. The molecule has 0 radical (unpaired) electrons. The van der Waals surface area contributed by atoms with Gasteiger partial charge in [-0.2, -0.15) is 0 Å². The predicted molar refractivity (Wildman–Crippen MR) is 53.5 cm³/mol. The molecule has 0 aliphatic carbocycles. The summed E-state index contributed by atoms with van der Waals surface area (Å²) in [6.45, 7) is 7.07. The number of carbonyl (C=O) groups excluding carboxylic acids is 2. The van der Waals surface area contributed by atoms with Gasteiger partial charge in [-0.05, 0) is 20.8 Å². The van der Waals surface area contributed by atoms with E-state index in [-0.39, 0.29) is 22.5 Å². The molecule has 1 atom stereocenters. The van der Waals surface area contributed by atoms with E-state index in [9.17, 15) is 9.59 Å². The van der Waals surface area contributed by atoms with Gasteiger partial charge in [0, 0.05) is 11.7 Å². The Morgan fingerprint density at radius 2 is 1.92 bits per heavy atom. The van der Waals surface area contributed by atoms with Crippen molar-refractivity contribution in [3.05, 3.63) is 0 Å². The smallest absolute Gasteiger partial charge is 0.220 e. The van der Waals surface area contributed by atoms with Crippen LogP contribution in [0.3, 0.4) is 0 Å². The molecule has 1 saturated heterocycles. The van der Waals surface area contributed by atoms with Crippen molar-refractivity contribution in [3.63, 3.8) is 0 Å². The summed E-state index contributed by atoms with van der Waals surface area (Å²) in [7, 11) is 0. The topological polar surface area (TPSA) is 37.4 Å². The Morgan fingerprint density at radius 1 is 1.38 bits per heavy atom. The monoisotopic (exact) mass is 201 g/mol. The van der Waals surface area contributed by atoms with Crippen molar-refractivity contribution in [2.24, 2.45) is 0 Å². The van der Waals surface area contributed by atoms with E-state index in [0.29, 0.717) is 5.88 Å². The molecule has 0 N–H and O–H groups in total. The molecule has 1 aliphatic heterocycles. The van der Waals surface area contributed by atoms with E-state index >= 15 is 0 Å². The van der Waals surface area contributed by atoms with Gasteiger partial charge in [-0.15, -0.1) is 11.8 Å². The van der Waals surface area contributed by atoms with Crippen LogP contribution in [0.4, 0.5) is 0 Å². The first-order chi connectivity index (χ1) is 5.86. The molecule has 0 unspecified atom stereocenters. The SMILES string of the molecule is CC(=O)[C@H]1N(C(C)=O)CSC1(C)C. The zero-order valence-corrected chi connectivity index (χ0v) is 9.27. The van der Waals surface area contributed by atoms with Crippen LogP contribution in [0.25, 0.3) is 0 Å². The molecule has 1 fully saturated rings. The number of hydrogen-bond donors (Lipinski definition) is 0. The molecule has 1 rings (SSSR count). The van der Waals surface area contributed by atoms with Gasteiger partial charge in [-0.1, -0.05) is 0 Å². The van der Waals surface area contributed by atoms with E-state index in [0.717, 1.165) is 0 Å². The normalized spacial score (nSPS) is 26.2. The van der Waals surface area contributed by atoms with Crippen LogP contribution in [-0.4, -0.2) is 33.3 Å². The first kappa shape index (κ1) is 10.6. The second-order valence-electron chi connectivity index (χ2n) is 3.88. The van der Waals surface area contributed by atoms with Gasteiger partial charge in [0.25, 0.3) is 0 Å². The second-order valence-corrected chi connectivity index (χ2v) is 5.48. The summed E-state index contributed by atoms with van der Waals surface area (Å²) < 4.78 is -0.141. The van der Waals surface area contributed by atoms with Crippen molar-refractivity contribution in [2.45, 2.75) is 38.5 Å². The molecule has 74 valence electrons. The number of amides is 1. The highest BCUT2D eigenvalue weighted by molar-refractivity contribution is 8.00. The van der Waals surface area contributed by atoms with E-state index in [1.165, 1.54) is 6.92 Å². The van der Waals surface area contributed by atoms with Crippen LogP contribution >= 0.6 is 11.8 Å². The number of hydrogen-bond acceptors (Lipinski definition) is 3. The molecule has 1 amide bonds. The average molecular weight is 201 g/mol. The third-order valence-corrected chi connectivity index (χ3v) is 3.71. The van der Waals surface area contributed by atoms with Crippen molar-refractivity contribution in [3.8, 4) is 0 Å². The van der Waals surface area contributed by atoms with E-state index in [1.807, 2.05) is 13.8 Å². The molecule has 4 heteroatoms. The van der Waals surface area contributed by atoms with Crippen molar-refractivity contribution in [1.29, 1.82) is 0 Å². The Kier molecular flexibility index (Phi) is 2.71. The lowest BCUT2D eigenvalue weighted by Gasteiger charge is -2.28. The minimum atomic E-state index is -0.255. The van der Waals surface area contributed by atoms with Crippen LogP contribution in [0, 0.1) is 0 Å². The number of Topliss-reactive ketones (excluding diaryl/α,β-unsaturated/α-hetero) is 1. The van der Waals surface area contributed by atoms with Crippen LogP contribution in [0.5, 0.6) is 0 Å². The Hall–Kier alpha value is -0.510. The maximum atomic E-state index is 11.4. The van der Waals surface area contributed by atoms with E-state index in [2.05, 4.69) is 0 Å². The molecule has 0 aromatic carbocycles. The molecule has 0 aromatic rings. The molecule has 0 saturated carbocycles. The Labute approximate surface area is 82.9 Å². The van der Waals surface area contributed by atoms with Crippen molar-refractivity contribution < 1.29 is 9.59 Å². The minimum absolute atomic E-state index is 0.0155. The lowest BCUT2D eigenvalue weighted by Crippen LogP contribution is -2.47. The highest BCUT2D eigenvalue weighted by Gasteiger charge is 2.45. The van der Waals surface area contributed by atoms with Crippen LogP contribution in [-0.2, 0) is 9.59 Å². The van der Waals surface area contributed by atoms with Gasteiger partial charge >= 0.3 is 0 Å². The fourth-order valence-corrected chi connectivity index (χ4v) is 3.00. The standard InChI is InChI=1S/C9H15NO2S/c1-6(11)8-9(3,4)13-5-10(8)7(2)12/h8H,5H2,1-4H3/t8-/m1/s1. The number of rotatable bonds is 1. The third kappa shape index (κ3) is 1.88. The lowest BCUT2D eigenvalue weighted by atomic mass is 9.98. The molecule has 1 aliphatic rings. The molecule has 0 spiro atoms. The summed E-state index contributed by atoms with van der Waals surface area (Å²) in [6.07, 6.45) is 0. The zero-order valence-electron chi connectivity index (χ0n) is 8.46. The summed E-state index contributed by atoms with van der Waals surface area (Å²) in [5.74, 6) is 0.690. The molecule has 13 heavy (non-hydrogen) atoms. The molecular weight excluding hydrogens is 186 g/mol. The molecule has 0 aromatic heterocycles. The van der Waals surface area contributed by atoms with E-state index < -0.39 is 0 Å². The zero-order chi connectivity index (χ0) is 10.2. The summed E-state index contributed by atoms with van der Waals surface area (Å²) in [5.41, 5.74) is 0. The highest BCUT2D eigenvalue weighted by atomic mass is 32.2. The summed E-state index contributed by atoms with van der Waals surface area (Å²) in [5, 5.41) is 0. The molecule has 0 bridgehead atoms. The van der Waals surface area contributed by atoms with Gasteiger partial charge < -0.3 is 4.90 Å². The lowest BCUT2D eigenvalue weighted by molar-refractivity contribution is -0.136. The van der Waals surface area contributed by atoms with E-state index in [4.69, 9.17) is 0 Å². The Bertz CT molecular complexity index is 250. The van der Waals surface area contributed by atoms with Gasteiger partial charge in [-0.3, -0.25) is 9.59 Å². The predicted octanol–water partition coefficient (Wildman–Crippen LogP) is 1.28. The van der Waals surface area contributed by atoms with Crippen LogP contribution in [0.2, 0.25) is 0 Å². The van der Waals surface area contributed by atoms with E-state index in [1.54, 1.807) is 23.6 Å². The second kappa shape index (κ2) is 3.33. The summed E-state index contributed by atoms with van der Waals surface area (Å²) in [4.78, 5) is 24.2. The van der Waals surface area contributed by atoms with Crippen molar-refractivity contribution >= 4 is 23.5 Å². The third-order valence-electron chi connectivity index (χ3n) is 2.34. The number of ketones is 1. The van der Waals surface area contributed by atoms with Gasteiger partial charge in [0.1, 0.15) is 6.04 Å². The van der Waals surface area contributed by atoms with Crippen molar-refractivity contribution in [1.82, 2.24) is 4.90 Å². The Morgan fingerprint density at radius 3 is 2.23 bits per heavy atom. The minimum Gasteiger partial charge on any atom is -0.322 e. The molecule has 3 nitrogen and oxygen atoms in total. The molecule has 1 heterocycles. The highest BCUT2D eigenvalue weighted by Crippen LogP contribution is 2.39. The number of carbonyl (C=O) groups is 2. The fraction of sp³-hybridized carbons (Fsp3) is 0.778.